The van der Waals surface area contributed by atoms with Crippen LogP contribution in [0, 0.1) is 0 Å². The molecular formula is C24H21N2NaO3S. The molecule has 1 saturated carbocycles. The summed E-state index contributed by atoms with van der Waals surface area (Å²) in [6.45, 7) is 0. The van der Waals surface area contributed by atoms with Crippen molar-refractivity contribution in [3.05, 3.63) is 81.3 Å². The van der Waals surface area contributed by atoms with Gasteiger partial charge in [0.05, 0.1) is 18.1 Å². The van der Waals surface area contributed by atoms with Crippen molar-refractivity contribution in [1.82, 2.24) is 4.98 Å². The van der Waals surface area contributed by atoms with Gasteiger partial charge in [0.25, 0.3) is 0 Å². The molecule has 0 bridgehead atoms. The van der Waals surface area contributed by atoms with Crippen molar-refractivity contribution in [2.24, 2.45) is 0 Å². The number of anilines is 1. The smallest absolute Gasteiger partial charge is 0.545 e. The Hall–Kier alpha value is -2.25. The first-order valence-electron chi connectivity index (χ1n) is 9.91. The van der Waals surface area contributed by atoms with Gasteiger partial charge in [0.15, 0.2) is 0 Å². The van der Waals surface area contributed by atoms with Crippen molar-refractivity contribution >= 4 is 41.1 Å². The Morgan fingerprint density at radius 3 is 2.68 bits per heavy atom. The van der Waals surface area contributed by atoms with E-state index in [-0.39, 0.29) is 47.4 Å². The summed E-state index contributed by atoms with van der Waals surface area (Å²) in [7, 11) is 0. The minimum Gasteiger partial charge on any atom is -0.545 e. The number of aromatic carboxylic acids is 1. The van der Waals surface area contributed by atoms with Crippen LogP contribution in [0.3, 0.4) is 0 Å². The number of carboxylic acids is 1. The van der Waals surface area contributed by atoms with E-state index in [0.717, 1.165) is 10.6 Å². The molecule has 0 aliphatic heterocycles. The fraction of sp³-hybridized carbons (Fsp3) is 0.208. The maximum absolute atomic E-state index is 12.4. The van der Waals surface area contributed by atoms with Crippen LogP contribution in [0.4, 0.5) is 5.69 Å². The Morgan fingerprint density at radius 1 is 1.13 bits per heavy atom. The molecule has 5 nitrogen and oxygen atoms in total. The predicted molar refractivity (Wildman–Crippen MR) is 117 cm³/mol. The van der Waals surface area contributed by atoms with E-state index in [2.05, 4.69) is 10.7 Å². The van der Waals surface area contributed by atoms with E-state index in [1.165, 1.54) is 31.0 Å². The fourth-order valence-corrected chi connectivity index (χ4v) is 4.20. The van der Waals surface area contributed by atoms with Gasteiger partial charge in [0, 0.05) is 22.5 Å². The molecule has 3 aromatic rings. The number of benzene rings is 2. The maximum atomic E-state index is 12.4. The molecular weight excluding hydrogens is 419 g/mol. The van der Waals surface area contributed by atoms with Crippen LogP contribution in [0.25, 0.3) is 12.2 Å². The summed E-state index contributed by atoms with van der Waals surface area (Å²) in [6.07, 6.45) is 7.70. The van der Waals surface area contributed by atoms with Gasteiger partial charge in [-0.1, -0.05) is 48.9 Å². The van der Waals surface area contributed by atoms with E-state index in [4.69, 9.17) is 4.98 Å². The first-order chi connectivity index (χ1) is 14.6. The molecule has 4 rings (SSSR count). The molecule has 31 heavy (non-hydrogen) atoms. The van der Waals surface area contributed by atoms with Crippen molar-refractivity contribution in [3.63, 3.8) is 0 Å². The molecule has 0 radical (unpaired) electrons. The van der Waals surface area contributed by atoms with Crippen molar-refractivity contribution in [1.29, 1.82) is 0 Å². The zero-order valence-electron chi connectivity index (χ0n) is 17.3. The monoisotopic (exact) mass is 440 g/mol. The second-order valence-corrected chi connectivity index (χ2v) is 8.26. The van der Waals surface area contributed by atoms with Gasteiger partial charge >= 0.3 is 29.6 Å². The number of hydrogen-bond donors (Lipinski definition) is 1. The maximum Gasteiger partial charge on any atom is 1.00 e. The zero-order chi connectivity index (χ0) is 20.9. The number of nitrogens with zero attached hydrogens (tertiary/aromatic N) is 1. The number of amides is 1. The normalized spacial score (nSPS) is 13.4. The van der Waals surface area contributed by atoms with Crippen molar-refractivity contribution < 1.29 is 44.3 Å². The van der Waals surface area contributed by atoms with E-state index in [0.29, 0.717) is 17.2 Å². The molecule has 0 saturated heterocycles. The molecule has 1 N–H and O–H groups in total. The molecule has 1 amide bonds. The van der Waals surface area contributed by atoms with Crippen LogP contribution in [-0.2, 0) is 11.2 Å². The molecule has 0 spiro atoms. The van der Waals surface area contributed by atoms with Crippen molar-refractivity contribution in [3.8, 4) is 0 Å². The topological polar surface area (TPSA) is 82.1 Å². The summed E-state index contributed by atoms with van der Waals surface area (Å²) < 4.78 is 0. The Balaban J connectivity index is 0.00000272. The molecule has 1 fully saturated rings. The van der Waals surface area contributed by atoms with Gasteiger partial charge in [-0.25, -0.2) is 4.98 Å². The van der Waals surface area contributed by atoms with Gasteiger partial charge in [-0.05, 0) is 42.2 Å². The number of rotatable bonds is 7. The van der Waals surface area contributed by atoms with Gasteiger partial charge in [0.2, 0.25) is 5.91 Å². The van der Waals surface area contributed by atoms with Crippen molar-refractivity contribution in [2.75, 3.05) is 5.32 Å². The summed E-state index contributed by atoms with van der Waals surface area (Å²) in [5.74, 6) is -0.938. The summed E-state index contributed by atoms with van der Waals surface area (Å²) in [6, 6.07) is 13.9. The zero-order valence-corrected chi connectivity index (χ0v) is 20.2. The Kier molecular flexibility index (Phi) is 8.21. The Morgan fingerprint density at radius 2 is 1.94 bits per heavy atom. The van der Waals surface area contributed by atoms with E-state index < -0.39 is 5.97 Å². The number of thiazole rings is 1. The van der Waals surface area contributed by atoms with Gasteiger partial charge in [-0.2, -0.15) is 0 Å². The molecule has 0 atom stereocenters. The fourth-order valence-electron chi connectivity index (χ4n) is 3.41. The molecule has 1 aliphatic carbocycles. The molecule has 152 valence electrons. The predicted octanol–water partition coefficient (Wildman–Crippen LogP) is 1.13. The number of carbonyl (C=O) groups excluding carboxylic acids is 2. The first kappa shape index (κ1) is 23.4. The number of hydrogen-bond acceptors (Lipinski definition) is 5. The van der Waals surface area contributed by atoms with E-state index in [1.54, 1.807) is 35.6 Å². The third-order valence-electron chi connectivity index (χ3n) is 5.24. The molecule has 0 unspecified atom stereocenters. The third kappa shape index (κ3) is 6.14. The summed E-state index contributed by atoms with van der Waals surface area (Å²) in [5, 5.41) is 17.2. The van der Waals surface area contributed by atoms with Crippen LogP contribution in [0.15, 0.2) is 53.9 Å². The second kappa shape index (κ2) is 10.9. The van der Waals surface area contributed by atoms with Crippen LogP contribution >= 0.6 is 11.3 Å². The first-order valence-corrected chi connectivity index (χ1v) is 10.8. The van der Waals surface area contributed by atoms with Gasteiger partial charge in [-0.3, -0.25) is 4.79 Å². The number of nitrogens with one attached hydrogen (secondary N) is 1. The quantitative estimate of drug-likeness (QED) is 0.559. The van der Waals surface area contributed by atoms with E-state index in [1.807, 2.05) is 30.4 Å². The largest absolute Gasteiger partial charge is 1.00 e. The Bertz CT molecular complexity index is 1110. The third-order valence-corrected chi connectivity index (χ3v) is 6.07. The molecule has 7 heteroatoms. The number of carbonyl (C=O) groups is 2. The molecule has 1 aromatic heterocycles. The standard InChI is InChI=1S/C24H22N2O3S.Na/c27-22(14-18-6-1-2-10-20(18)24(28)29)25-19-9-3-5-16(13-19)11-12-23-26-21(15-30-23)17-7-4-8-17;/h1-3,5-6,9-13,15,17H,4,7-8,14H2,(H,25,27)(H,28,29);/q;+1/p-1/b12-11+;. The average Bonchev–Trinajstić information content (AvgIpc) is 3.14. The van der Waals surface area contributed by atoms with Crippen LogP contribution < -0.4 is 40.0 Å². The Labute approximate surface area is 207 Å². The SMILES string of the molecule is O=C(Cc1ccccc1C(=O)[O-])Nc1cccc(/C=C/c2nc(C3CCC3)cs2)c1.[Na+]. The van der Waals surface area contributed by atoms with E-state index >= 15 is 0 Å². The summed E-state index contributed by atoms with van der Waals surface area (Å²) in [4.78, 5) is 28.3. The number of aromatic nitrogens is 1. The van der Waals surface area contributed by atoms with Crippen molar-refractivity contribution in [2.45, 2.75) is 31.6 Å². The molecule has 1 aliphatic rings. The van der Waals surface area contributed by atoms with Crippen LogP contribution in [0.2, 0.25) is 0 Å². The second-order valence-electron chi connectivity index (χ2n) is 7.37. The van der Waals surface area contributed by atoms with E-state index in [9.17, 15) is 14.7 Å². The van der Waals surface area contributed by atoms with Crippen LogP contribution in [0.1, 0.15) is 57.4 Å². The minimum atomic E-state index is -1.28. The molecule has 2 aromatic carbocycles. The van der Waals surface area contributed by atoms with Gasteiger partial charge < -0.3 is 15.2 Å². The summed E-state index contributed by atoms with van der Waals surface area (Å²) in [5.41, 5.74) is 3.26. The van der Waals surface area contributed by atoms with Crippen LogP contribution in [0.5, 0.6) is 0 Å². The minimum absolute atomic E-state index is 0. The summed E-state index contributed by atoms with van der Waals surface area (Å²) >= 11 is 1.65. The molecule has 1 heterocycles. The van der Waals surface area contributed by atoms with Gasteiger partial charge in [0.1, 0.15) is 5.01 Å². The number of carboxylic acid groups (broad SMARTS) is 1. The average molecular weight is 441 g/mol. The van der Waals surface area contributed by atoms with Crippen LogP contribution in [-0.4, -0.2) is 16.9 Å². The van der Waals surface area contributed by atoms with Gasteiger partial charge in [-0.15, -0.1) is 11.3 Å².